The van der Waals surface area contributed by atoms with E-state index in [0.29, 0.717) is 11.2 Å². The lowest BCUT2D eigenvalue weighted by molar-refractivity contribution is 0.590. The van der Waals surface area contributed by atoms with Crippen LogP contribution in [-0.2, 0) is 14.1 Å². The highest BCUT2D eigenvalue weighted by Gasteiger charge is 2.08. The Morgan fingerprint density at radius 2 is 2.18 bits per heavy atom. The van der Waals surface area contributed by atoms with Gasteiger partial charge in [-0.1, -0.05) is 0 Å². The van der Waals surface area contributed by atoms with Crippen LogP contribution in [0.3, 0.4) is 0 Å². The van der Waals surface area contributed by atoms with Crippen LogP contribution in [0.5, 0.6) is 0 Å². The first-order chi connectivity index (χ1) is 5.22. The molecule has 1 N–H and O–H groups in total. The first-order valence-electron chi connectivity index (χ1n) is 3.27. The monoisotopic (exact) mass is 152 g/mol. The van der Waals surface area contributed by atoms with Crippen molar-refractivity contribution in [2.24, 2.45) is 14.1 Å². The summed E-state index contributed by atoms with van der Waals surface area (Å²) >= 11 is 0. The van der Waals surface area contributed by atoms with Gasteiger partial charge in [-0.2, -0.15) is 0 Å². The van der Waals surface area contributed by atoms with Gasteiger partial charge in [0, 0.05) is 14.1 Å². The molecule has 0 saturated heterocycles. The summed E-state index contributed by atoms with van der Waals surface area (Å²) in [6.07, 6.45) is 1.52. The Morgan fingerprint density at radius 1 is 1.45 bits per heavy atom. The van der Waals surface area contributed by atoms with Gasteiger partial charge in [-0.05, 0) is 0 Å². The van der Waals surface area contributed by atoms with Crippen molar-refractivity contribution in [2.45, 2.75) is 0 Å². The minimum Gasteiger partial charge on any atom is -0.339 e. The molecule has 5 nitrogen and oxygen atoms in total. The van der Waals surface area contributed by atoms with Crippen molar-refractivity contribution >= 4 is 11.2 Å². The molecule has 2 rings (SSSR count). The van der Waals surface area contributed by atoms with E-state index in [1.807, 2.05) is 0 Å². The fraction of sp³-hybridized carbons (Fsp3) is 0.333. The summed E-state index contributed by atoms with van der Waals surface area (Å²) in [5.74, 6) is 0. The molecule has 0 aliphatic heterocycles. The van der Waals surface area contributed by atoms with Crippen LogP contribution in [0.4, 0.5) is 0 Å². The van der Waals surface area contributed by atoms with Gasteiger partial charge in [-0.25, -0.2) is 4.98 Å². The SMILES string of the molecule is Cn1c(=O)c2[nH]cnc2n1C. The van der Waals surface area contributed by atoms with Crippen LogP contribution < -0.4 is 5.56 Å². The zero-order chi connectivity index (χ0) is 8.01. The fourth-order valence-electron chi connectivity index (χ4n) is 1.13. The smallest absolute Gasteiger partial charge is 0.292 e. The highest BCUT2D eigenvalue weighted by Crippen LogP contribution is 2.00. The summed E-state index contributed by atoms with van der Waals surface area (Å²) in [4.78, 5) is 18.1. The number of rotatable bonds is 0. The van der Waals surface area contributed by atoms with Crippen molar-refractivity contribution in [3.63, 3.8) is 0 Å². The maximum absolute atomic E-state index is 11.3. The van der Waals surface area contributed by atoms with Gasteiger partial charge in [0.05, 0.1) is 6.33 Å². The molecule has 5 heteroatoms. The number of aryl methyl sites for hydroxylation is 1. The largest absolute Gasteiger partial charge is 0.339 e. The van der Waals surface area contributed by atoms with Crippen LogP contribution in [0.25, 0.3) is 11.2 Å². The second-order valence-electron chi connectivity index (χ2n) is 2.45. The number of hydrogen-bond donors (Lipinski definition) is 1. The predicted molar refractivity (Wildman–Crippen MR) is 40.3 cm³/mol. The number of nitrogens with one attached hydrogen (secondary N) is 1. The molecule has 0 radical (unpaired) electrons. The van der Waals surface area contributed by atoms with Crippen molar-refractivity contribution in [1.82, 2.24) is 19.3 Å². The Hall–Kier alpha value is -1.52. The zero-order valence-corrected chi connectivity index (χ0v) is 6.33. The molecule has 2 aromatic rings. The molecular weight excluding hydrogens is 144 g/mol. The molecule has 0 aromatic carbocycles. The van der Waals surface area contributed by atoms with E-state index >= 15 is 0 Å². The average Bonchev–Trinajstić information content (AvgIpc) is 2.53. The van der Waals surface area contributed by atoms with Crippen molar-refractivity contribution < 1.29 is 0 Å². The fourth-order valence-corrected chi connectivity index (χ4v) is 1.13. The van der Waals surface area contributed by atoms with E-state index in [9.17, 15) is 4.79 Å². The highest BCUT2D eigenvalue weighted by atomic mass is 16.1. The molecule has 0 aliphatic rings. The summed E-state index contributed by atoms with van der Waals surface area (Å²) in [6, 6.07) is 0. The molecule has 2 aromatic heterocycles. The maximum atomic E-state index is 11.3. The maximum Gasteiger partial charge on any atom is 0.292 e. The van der Waals surface area contributed by atoms with E-state index in [0.717, 1.165) is 0 Å². The van der Waals surface area contributed by atoms with E-state index in [1.165, 1.54) is 11.0 Å². The average molecular weight is 152 g/mol. The Kier molecular flexibility index (Phi) is 0.986. The topological polar surface area (TPSA) is 55.6 Å². The van der Waals surface area contributed by atoms with E-state index in [4.69, 9.17) is 0 Å². The van der Waals surface area contributed by atoms with E-state index < -0.39 is 0 Å². The number of H-pyrrole nitrogens is 1. The van der Waals surface area contributed by atoms with Gasteiger partial charge in [0.2, 0.25) is 0 Å². The molecule has 0 unspecified atom stereocenters. The van der Waals surface area contributed by atoms with Gasteiger partial charge in [-0.15, -0.1) is 0 Å². The summed E-state index contributed by atoms with van der Waals surface area (Å²) in [6.45, 7) is 0. The lowest BCUT2D eigenvalue weighted by atomic mass is 10.6. The van der Waals surface area contributed by atoms with Gasteiger partial charge < -0.3 is 4.98 Å². The Morgan fingerprint density at radius 3 is 2.82 bits per heavy atom. The molecule has 11 heavy (non-hydrogen) atoms. The lowest BCUT2D eigenvalue weighted by Crippen LogP contribution is -2.17. The van der Waals surface area contributed by atoms with E-state index in [2.05, 4.69) is 9.97 Å². The Labute approximate surface area is 62.3 Å². The molecule has 0 fully saturated rings. The summed E-state index contributed by atoms with van der Waals surface area (Å²) in [5, 5.41) is 0. The van der Waals surface area contributed by atoms with Crippen molar-refractivity contribution in [3.8, 4) is 0 Å². The molecule has 0 atom stereocenters. The number of fused-ring (bicyclic) bond motifs is 1. The van der Waals surface area contributed by atoms with Crippen LogP contribution in [-0.4, -0.2) is 19.3 Å². The van der Waals surface area contributed by atoms with Crippen LogP contribution in [0.15, 0.2) is 11.1 Å². The van der Waals surface area contributed by atoms with Crippen molar-refractivity contribution in [3.05, 3.63) is 16.7 Å². The number of nitrogens with zero attached hydrogens (tertiary/aromatic N) is 3. The predicted octanol–water partition coefficient (Wildman–Crippen LogP) is -0.400. The number of aromatic nitrogens is 4. The third-order valence-electron chi connectivity index (χ3n) is 1.88. The van der Waals surface area contributed by atoms with Crippen molar-refractivity contribution in [1.29, 1.82) is 0 Å². The van der Waals surface area contributed by atoms with Crippen LogP contribution >= 0.6 is 0 Å². The van der Waals surface area contributed by atoms with Gasteiger partial charge in [0.15, 0.2) is 11.2 Å². The summed E-state index contributed by atoms with van der Waals surface area (Å²) < 4.78 is 3.21. The molecule has 58 valence electrons. The minimum absolute atomic E-state index is 0.0417. The number of aromatic amines is 1. The Bertz CT molecular complexity index is 447. The molecule has 0 saturated carbocycles. The van der Waals surface area contributed by atoms with E-state index in [1.54, 1.807) is 18.8 Å². The second-order valence-corrected chi connectivity index (χ2v) is 2.45. The molecule has 0 spiro atoms. The van der Waals surface area contributed by atoms with E-state index in [-0.39, 0.29) is 5.56 Å². The molecule has 0 aliphatic carbocycles. The lowest BCUT2D eigenvalue weighted by Gasteiger charge is -1.95. The number of hydrogen-bond acceptors (Lipinski definition) is 2. The van der Waals surface area contributed by atoms with Crippen LogP contribution in [0.1, 0.15) is 0 Å². The van der Waals surface area contributed by atoms with Gasteiger partial charge in [-0.3, -0.25) is 14.2 Å². The molecular formula is C6H8N4O. The zero-order valence-electron chi connectivity index (χ0n) is 6.33. The van der Waals surface area contributed by atoms with Gasteiger partial charge >= 0.3 is 0 Å². The van der Waals surface area contributed by atoms with Crippen LogP contribution in [0.2, 0.25) is 0 Å². The first kappa shape index (κ1) is 6.21. The standard InChI is InChI=1S/C6H8N4O/c1-9-5-4(7-3-8-5)6(11)10(9)2/h3H,1-2H3,(H,7,8). The van der Waals surface area contributed by atoms with Crippen LogP contribution in [0, 0.1) is 0 Å². The van der Waals surface area contributed by atoms with Gasteiger partial charge in [0.1, 0.15) is 0 Å². The minimum atomic E-state index is -0.0417. The third kappa shape index (κ3) is 0.594. The quantitative estimate of drug-likeness (QED) is 0.558. The molecule has 2 heterocycles. The third-order valence-corrected chi connectivity index (χ3v) is 1.88. The van der Waals surface area contributed by atoms with Gasteiger partial charge in [0.25, 0.3) is 5.56 Å². The highest BCUT2D eigenvalue weighted by molar-refractivity contribution is 5.69. The normalized spacial score (nSPS) is 11.1. The summed E-state index contributed by atoms with van der Waals surface area (Å²) in [5.41, 5.74) is 1.22. The first-order valence-corrected chi connectivity index (χ1v) is 3.27. The number of imidazole rings is 1. The molecule has 0 amide bonds. The van der Waals surface area contributed by atoms with Crippen molar-refractivity contribution in [2.75, 3.05) is 0 Å². The Balaban J connectivity index is 3.12. The second kappa shape index (κ2) is 1.75. The summed E-state index contributed by atoms with van der Waals surface area (Å²) in [7, 11) is 3.50. The molecule has 0 bridgehead atoms.